The second kappa shape index (κ2) is 7.78. The molecule has 8 heteroatoms. The Morgan fingerprint density at radius 1 is 1.07 bits per heavy atom. The minimum absolute atomic E-state index is 0.226. The number of benzene rings is 2. The van der Waals surface area contributed by atoms with Gasteiger partial charge in [-0.1, -0.05) is 35.3 Å². The summed E-state index contributed by atoms with van der Waals surface area (Å²) in [6.45, 7) is 1.74. The van der Waals surface area contributed by atoms with Crippen LogP contribution in [0.15, 0.2) is 48.5 Å². The SMILES string of the molecule is OC(Nc1ccc(OC2CNC2)cc1)c1[nH]nc(-c2ccc(Cl)cc2)c1Cl. The van der Waals surface area contributed by atoms with Crippen LogP contribution >= 0.6 is 23.2 Å². The lowest BCUT2D eigenvalue weighted by molar-refractivity contribution is 0.142. The van der Waals surface area contributed by atoms with Crippen molar-refractivity contribution in [2.45, 2.75) is 12.3 Å². The monoisotopic (exact) mass is 404 g/mol. The van der Waals surface area contributed by atoms with E-state index in [4.69, 9.17) is 27.9 Å². The summed E-state index contributed by atoms with van der Waals surface area (Å²) in [6, 6.07) is 14.6. The number of rotatable bonds is 6. The summed E-state index contributed by atoms with van der Waals surface area (Å²) in [5.74, 6) is 0.797. The third-order valence-corrected chi connectivity index (χ3v) is 4.96. The van der Waals surface area contributed by atoms with E-state index in [2.05, 4.69) is 20.8 Å². The molecule has 4 N–H and O–H groups in total. The highest BCUT2D eigenvalue weighted by atomic mass is 35.5. The van der Waals surface area contributed by atoms with Crippen LogP contribution in [0.25, 0.3) is 11.3 Å². The number of anilines is 1. The van der Waals surface area contributed by atoms with Gasteiger partial charge in [0.15, 0.2) is 6.23 Å². The average Bonchev–Trinajstić information content (AvgIpc) is 3.02. The molecule has 1 aromatic heterocycles. The van der Waals surface area contributed by atoms with Crippen LogP contribution in [0.5, 0.6) is 5.75 Å². The molecule has 6 nitrogen and oxygen atoms in total. The zero-order chi connectivity index (χ0) is 18.8. The molecular weight excluding hydrogens is 387 g/mol. The van der Waals surface area contributed by atoms with Crippen molar-refractivity contribution in [1.82, 2.24) is 15.5 Å². The second-order valence-electron chi connectivity index (χ2n) is 6.28. The maximum Gasteiger partial charge on any atom is 0.169 e. The minimum atomic E-state index is -1.03. The molecule has 0 spiro atoms. The van der Waals surface area contributed by atoms with Crippen molar-refractivity contribution in [3.05, 3.63) is 64.3 Å². The maximum atomic E-state index is 10.5. The molecule has 1 aliphatic rings. The number of H-pyrrole nitrogens is 1. The molecule has 1 fully saturated rings. The molecule has 140 valence electrons. The van der Waals surface area contributed by atoms with Crippen molar-refractivity contribution in [3.8, 4) is 17.0 Å². The molecule has 1 unspecified atom stereocenters. The zero-order valence-electron chi connectivity index (χ0n) is 14.2. The maximum absolute atomic E-state index is 10.5. The van der Waals surface area contributed by atoms with Crippen LogP contribution in [-0.4, -0.2) is 34.5 Å². The van der Waals surface area contributed by atoms with E-state index in [0.717, 1.165) is 30.1 Å². The van der Waals surface area contributed by atoms with Crippen LogP contribution in [0.4, 0.5) is 5.69 Å². The number of hydrogen-bond donors (Lipinski definition) is 4. The summed E-state index contributed by atoms with van der Waals surface area (Å²) in [5, 5.41) is 24.7. The standard InChI is InChI=1S/C19H18Cl2N4O2/c20-12-3-1-11(2-4-12)17-16(21)18(25-24-17)19(26)23-13-5-7-14(8-6-13)27-15-9-22-10-15/h1-8,15,19,22-23,26H,9-10H2,(H,24,25). The molecule has 4 rings (SSSR count). The molecule has 0 radical (unpaired) electrons. The van der Waals surface area contributed by atoms with Gasteiger partial charge in [-0.25, -0.2) is 0 Å². The third kappa shape index (κ3) is 4.04. The van der Waals surface area contributed by atoms with E-state index >= 15 is 0 Å². The summed E-state index contributed by atoms with van der Waals surface area (Å²) in [5.41, 5.74) is 2.50. The van der Waals surface area contributed by atoms with Crippen LogP contribution in [0.1, 0.15) is 11.9 Å². The predicted molar refractivity (Wildman–Crippen MR) is 106 cm³/mol. The Morgan fingerprint density at radius 2 is 1.78 bits per heavy atom. The first-order valence-corrected chi connectivity index (χ1v) is 9.27. The van der Waals surface area contributed by atoms with Crippen LogP contribution in [0.2, 0.25) is 10.0 Å². The number of ether oxygens (including phenoxy) is 1. The fraction of sp³-hybridized carbons (Fsp3) is 0.211. The summed E-state index contributed by atoms with van der Waals surface area (Å²) >= 11 is 12.3. The van der Waals surface area contributed by atoms with E-state index in [9.17, 15) is 5.11 Å². The van der Waals surface area contributed by atoms with Gasteiger partial charge < -0.3 is 20.5 Å². The van der Waals surface area contributed by atoms with Gasteiger partial charge in [0.25, 0.3) is 0 Å². The Bertz CT molecular complexity index is 908. The molecule has 3 aromatic rings. The normalized spacial score (nSPS) is 15.2. The Balaban J connectivity index is 1.45. The first-order chi connectivity index (χ1) is 13.1. The Labute approximate surface area is 166 Å². The Hall–Kier alpha value is -2.25. The number of hydrogen-bond acceptors (Lipinski definition) is 5. The predicted octanol–water partition coefficient (Wildman–Crippen LogP) is 3.84. The second-order valence-corrected chi connectivity index (χ2v) is 7.09. The quantitative estimate of drug-likeness (QED) is 0.469. The van der Waals surface area contributed by atoms with Gasteiger partial charge in [-0.2, -0.15) is 5.10 Å². The lowest BCUT2D eigenvalue weighted by Gasteiger charge is -2.27. The van der Waals surface area contributed by atoms with E-state index in [-0.39, 0.29) is 6.10 Å². The topological polar surface area (TPSA) is 82.2 Å². The van der Waals surface area contributed by atoms with Crippen LogP contribution in [0, 0.1) is 0 Å². The van der Waals surface area contributed by atoms with Gasteiger partial charge in [0, 0.05) is 29.4 Å². The first kappa shape index (κ1) is 18.1. The summed E-state index contributed by atoms with van der Waals surface area (Å²) in [7, 11) is 0. The van der Waals surface area contributed by atoms with Gasteiger partial charge in [0.2, 0.25) is 0 Å². The minimum Gasteiger partial charge on any atom is -0.488 e. The highest BCUT2D eigenvalue weighted by Gasteiger charge is 2.20. The molecule has 2 heterocycles. The van der Waals surface area contributed by atoms with Gasteiger partial charge in [-0.15, -0.1) is 0 Å². The molecule has 1 saturated heterocycles. The molecule has 0 saturated carbocycles. The average molecular weight is 405 g/mol. The van der Waals surface area contributed by atoms with Gasteiger partial charge >= 0.3 is 0 Å². The molecule has 0 aliphatic carbocycles. The number of halogens is 2. The molecule has 2 aromatic carbocycles. The van der Waals surface area contributed by atoms with Crippen molar-refractivity contribution >= 4 is 28.9 Å². The summed E-state index contributed by atoms with van der Waals surface area (Å²) < 4.78 is 5.78. The Kier molecular flexibility index (Phi) is 5.22. The van der Waals surface area contributed by atoms with Crippen molar-refractivity contribution in [3.63, 3.8) is 0 Å². The highest BCUT2D eigenvalue weighted by molar-refractivity contribution is 6.34. The van der Waals surface area contributed by atoms with Crippen molar-refractivity contribution in [2.24, 2.45) is 0 Å². The van der Waals surface area contributed by atoms with Gasteiger partial charge in [0.1, 0.15) is 23.2 Å². The number of aromatic amines is 1. The van der Waals surface area contributed by atoms with E-state index in [0.29, 0.717) is 21.4 Å². The smallest absolute Gasteiger partial charge is 0.169 e. The molecule has 27 heavy (non-hydrogen) atoms. The van der Waals surface area contributed by atoms with Crippen LogP contribution in [0.3, 0.4) is 0 Å². The van der Waals surface area contributed by atoms with E-state index in [1.165, 1.54) is 0 Å². The van der Waals surface area contributed by atoms with Crippen molar-refractivity contribution < 1.29 is 9.84 Å². The van der Waals surface area contributed by atoms with Gasteiger partial charge in [0.05, 0.1) is 5.02 Å². The number of aromatic nitrogens is 2. The molecule has 0 bridgehead atoms. The third-order valence-electron chi connectivity index (χ3n) is 4.33. The summed E-state index contributed by atoms with van der Waals surface area (Å²) in [4.78, 5) is 0. The summed E-state index contributed by atoms with van der Waals surface area (Å²) in [6.07, 6.45) is -0.807. The van der Waals surface area contributed by atoms with E-state index in [1.807, 2.05) is 36.4 Å². The lowest BCUT2D eigenvalue weighted by Crippen LogP contribution is -2.50. The van der Waals surface area contributed by atoms with Crippen molar-refractivity contribution in [2.75, 3.05) is 18.4 Å². The fourth-order valence-corrected chi connectivity index (χ4v) is 3.14. The van der Waals surface area contributed by atoms with Gasteiger partial charge in [-0.3, -0.25) is 5.10 Å². The first-order valence-electron chi connectivity index (χ1n) is 8.52. The Morgan fingerprint density at radius 3 is 2.41 bits per heavy atom. The highest BCUT2D eigenvalue weighted by Crippen LogP contribution is 2.32. The van der Waals surface area contributed by atoms with Crippen molar-refractivity contribution in [1.29, 1.82) is 0 Å². The fourth-order valence-electron chi connectivity index (χ4n) is 2.72. The molecule has 1 aliphatic heterocycles. The van der Waals surface area contributed by atoms with E-state index < -0.39 is 6.23 Å². The van der Waals surface area contributed by atoms with Crippen LogP contribution in [-0.2, 0) is 0 Å². The van der Waals surface area contributed by atoms with Gasteiger partial charge in [-0.05, 0) is 36.4 Å². The number of aliphatic hydroxyl groups is 1. The lowest BCUT2D eigenvalue weighted by atomic mass is 10.1. The largest absolute Gasteiger partial charge is 0.488 e. The van der Waals surface area contributed by atoms with E-state index in [1.54, 1.807) is 12.1 Å². The molecule has 1 atom stereocenters. The molecule has 0 amide bonds. The molecular formula is C19H18Cl2N4O2. The zero-order valence-corrected chi connectivity index (χ0v) is 15.8. The van der Waals surface area contributed by atoms with Crippen LogP contribution < -0.4 is 15.4 Å². The number of nitrogens with zero attached hydrogens (tertiary/aromatic N) is 1. The number of aliphatic hydroxyl groups excluding tert-OH is 1. The number of nitrogens with one attached hydrogen (secondary N) is 3.